The van der Waals surface area contributed by atoms with E-state index in [0.29, 0.717) is 17.1 Å². The first-order chi connectivity index (χ1) is 9.53. The second kappa shape index (κ2) is 7.74. The van der Waals surface area contributed by atoms with E-state index >= 15 is 0 Å². The van der Waals surface area contributed by atoms with E-state index < -0.39 is 10.8 Å². The van der Waals surface area contributed by atoms with Crippen molar-refractivity contribution in [2.75, 3.05) is 27.9 Å². The van der Waals surface area contributed by atoms with Crippen LogP contribution in [-0.2, 0) is 9.53 Å². The summed E-state index contributed by atoms with van der Waals surface area (Å²) in [6.45, 7) is 0.103. The zero-order valence-corrected chi connectivity index (χ0v) is 13.0. The third-order valence-corrected chi connectivity index (χ3v) is 3.25. The molecule has 0 saturated heterocycles. The molecule has 0 heterocycles. The third kappa shape index (κ3) is 4.12. The van der Waals surface area contributed by atoms with Crippen LogP contribution in [0.25, 0.3) is 0 Å². The van der Waals surface area contributed by atoms with Crippen LogP contribution in [0.1, 0.15) is 10.4 Å². The summed E-state index contributed by atoms with van der Waals surface area (Å²) in [5.74, 6) is 0.142. The second-order valence-corrected chi connectivity index (χ2v) is 4.87. The lowest BCUT2D eigenvalue weighted by atomic mass is 10.1. The van der Waals surface area contributed by atoms with Gasteiger partial charge in [0.1, 0.15) is 16.3 Å². The van der Waals surface area contributed by atoms with Crippen molar-refractivity contribution in [3.63, 3.8) is 0 Å². The van der Waals surface area contributed by atoms with Gasteiger partial charge < -0.3 is 19.5 Å². The number of carbonyl (C=O) groups is 2. The number of methoxy groups -OCH3 is 3. The fraction of sp³-hybridized carbons (Fsp3) is 0.385. The Morgan fingerprint density at radius 3 is 2.50 bits per heavy atom. The van der Waals surface area contributed by atoms with E-state index in [-0.39, 0.29) is 12.5 Å². The van der Waals surface area contributed by atoms with Crippen molar-refractivity contribution in [3.8, 4) is 11.5 Å². The maximum absolute atomic E-state index is 12.1. The van der Waals surface area contributed by atoms with Gasteiger partial charge in [-0.1, -0.05) is 15.9 Å². The number of carbonyl (C=O) groups excluding carboxylic acids is 2. The highest BCUT2D eigenvalue weighted by Crippen LogP contribution is 2.23. The number of halogens is 1. The van der Waals surface area contributed by atoms with Gasteiger partial charge in [0.2, 0.25) is 0 Å². The molecule has 0 radical (unpaired) electrons. The highest BCUT2D eigenvalue weighted by atomic mass is 79.9. The summed E-state index contributed by atoms with van der Waals surface area (Å²) in [7, 11) is 4.26. The van der Waals surface area contributed by atoms with Gasteiger partial charge >= 0.3 is 5.97 Å². The Morgan fingerprint density at radius 1 is 1.25 bits per heavy atom. The van der Waals surface area contributed by atoms with Gasteiger partial charge in [0.15, 0.2) is 0 Å². The molecule has 110 valence electrons. The van der Waals surface area contributed by atoms with E-state index in [0.717, 1.165) is 0 Å². The van der Waals surface area contributed by atoms with E-state index in [1.165, 1.54) is 21.3 Å². The molecule has 1 amide bonds. The first-order valence-electron chi connectivity index (χ1n) is 5.75. The van der Waals surface area contributed by atoms with Crippen molar-refractivity contribution in [2.45, 2.75) is 4.83 Å². The molecule has 20 heavy (non-hydrogen) atoms. The van der Waals surface area contributed by atoms with Crippen LogP contribution >= 0.6 is 15.9 Å². The summed E-state index contributed by atoms with van der Waals surface area (Å²) in [5.41, 5.74) is 0.330. The molecule has 0 bridgehead atoms. The molecule has 0 aliphatic carbocycles. The van der Waals surface area contributed by atoms with Crippen molar-refractivity contribution < 1.29 is 23.8 Å². The third-order valence-electron chi connectivity index (χ3n) is 2.55. The van der Waals surface area contributed by atoms with Gasteiger partial charge in [-0.25, -0.2) is 0 Å². The summed E-state index contributed by atoms with van der Waals surface area (Å²) in [4.78, 5) is 22.7. The van der Waals surface area contributed by atoms with Crippen LogP contribution in [0, 0.1) is 0 Å². The van der Waals surface area contributed by atoms with Crippen LogP contribution in [0.2, 0.25) is 0 Å². The molecule has 1 N–H and O–H groups in total. The average Bonchev–Trinajstić information content (AvgIpc) is 2.50. The minimum atomic E-state index is -0.604. The number of esters is 1. The van der Waals surface area contributed by atoms with E-state index in [1.807, 2.05) is 0 Å². The zero-order valence-electron chi connectivity index (χ0n) is 11.4. The van der Waals surface area contributed by atoms with Crippen molar-refractivity contribution in [1.29, 1.82) is 0 Å². The van der Waals surface area contributed by atoms with Gasteiger partial charge in [-0.15, -0.1) is 0 Å². The molecule has 0 aliphatic heterocycles. The lowest BCUT2D eigenvalue weighted by Gasteiger charge is -2.12. The smallest absolute Gasteiger partial charge is 0.321 e. The van der Waals surface area contributed by atoms with Gasteiger partial charge in [-0.3, -0.25) is 9.59 Å². The van der Waals surface area contributed by atoms with Crippen molar-refractivity contribution in [1.82, 2.24) is 5.32 Å². The zero-order chi connectivity index (χ0) is 15.1. The topological polar surface area (TPSA) is 73.9 Å². The van der Waals surface area contributed by atoms with Crippen molar-refractivity contribution >= 4 is 27.8 Å². The number of hydrogen-bond donors (Lipinski definition) is 1. The van der Waals surface area contributed by atoms with Crippen LogP contribution < -0.4 is 14.8 Å². The molecular formula is C13H16BrNO5. The molecule has 0 saturated carbocycles. The molecule has 1 unspecified atom stereocenters. The summed E-state index contributed by atoms with van der Waals surface area (Å²) >= 11 is 3.12. The first-order valence-corrected chi connectivity index (χ1v) is 6.67. The van der Waals surface area contributed by atoms with Gasteiger partial charge in [0.05, 0.1) is 26.9 Å². The van der Waals surface area contributed by atoms with Gasteiger partial charge in [-0.05, 0) is 18.2 Å². The number of alkyl halides is 1. The number of rotatable bonds is 6. The SMILES string of the molecule is COC(=O)C(Br)CNC(=O)c1cc(OC)ccc1OC. The summed E-state index contributed by atoms with van der Waals surface area (Å²) in [5, 5.41) is 2.62. The van der Waals surface area contributed by atoms with Crippen LogP contribution in [0.5, 0.6) is 11.5 Å². The molecule has 1 rings (SSSR count). The quantitative estimate of drug-likeness (QED) is 0.622. The predicted molar refractivity (Wildman–Crippen MR) is 76.6 cm³/mol. The maximum Gasteiger partial charge on any atom is 0.321 e. The van der Waals surface area contributed by atoms with Crippen LogP contribution in [0.3, 0.4) is 0 Å². The molecule has 7 heteroatoms. The summed E-state index contributed by atoms with van der Waals surface area (Å²) < 4.78 is 14.7. The molecule has 6 nitrogen and oxygen atoms in total. The van der Waals surface area contributed by atoms with E-state index in [9.17, 15) is 9.59 Å². The Kier molecular flexibility index (Phi) is 6.30. The summed E-state index contributed by atoms with van der Waals surface area (Å²) in [6.07, 6.45) is 0. The normalized spacial score (nSPS) is 11.4. The Hall–Kier alpha value is -1.76. The van der Waals surface area contributed by atoms with Gasteiger partial charge in [0.25, 0.3) is 5.91 Å². The Bertz CT molecular complexity index is 492. The van der Waals surface area contributed by atoms with Crippen molar-refractivity contribution in [2.24, 2.45) is 0 Å². The molecular weight excluding hydrogens is 330 g/mol. The van der Waals surface area contributed by atoms with Crippen molar-refractivity contribution in [3.05, 3.63) is 23.8 Å². The van der Waals surface area contributed by atoms with E-state index in [4.69, 9.17) is 9.47 Å². The molecule has 0 aliphatic rings. The molecule has 1 atom stereocenters. The number of benzene rings is 1. The number of amides is 1. The van der Waals surface area contributed by atoms with Gasteiger partial charge in [-0.2, -0.15) is 0 Å². The average molecular weight is 346 g/mol. The summed E-state index contributed by atoms with van der Waals surface area (Å²) in [6, 6.07) is 4.90. The number of nitrogens with one attached hydrogen (secondary N) is 1. The Morgan fingerprint density at radius 2 is 1.95 bits per heavy atom. The second-order valence-electron chi connectivity index (χ2n) is 3.77. The van der Waals surface area contributed by atoms with E-state index in [2.05, 4.69) is 26.0 Å². The van der Waals surface area contributed by atoms with E-state index in [1.54, 1.807) is 18.2 Å². The number of ether oxygens (including phenoxy) is 3. The molecule has 0 aromatic heterocycles. The fourth-order valence-corrected chi connectivity index (χ4v) is 1.83. The monoisotopic (exact) mass is 345 g/mol. The highest BCUT2D eigenvalue weighted by molar-refractivity contribution is 9.10. The van der Waals surface area contributed by atoms with Gasteiger partial charge in [0, 0.05) is 6.54 Å². The van der Waals surface area contributed by atoms with Crippen LogP contribution in [0.15, 0.2) is 18.2 Å². The molecule has 0 fully saturated rings. The van der Waals surface area contributed by atoms with Crippen LogP contribution in [-0.4, -0.2) is 44.6 Å². The minimum Gasteiger partial charge on any atom is -0.497 e. The predicted octanol–water partition coefficient (Wildman–Crippen LogP) is 1.37. The standard InChI is InChI=1S/C13H16BrNO5/c1-18-8-4-5-11(19-2)9(6-8)12(16)15-7-10(14)13(17)20-3/h4-6,10H,7H2,1-3H3,(H,15,16). The lowest BCUT2D eigenvalue weighted by Crippen LogP contribution is -2.34. The highest BCUT2D eigenvalue weighted by Gasteiger charge is 2.18. The minimum absolute atomic E-state index is 0.103. The maximum atomic E-state index is 12.1. The Balaban J connectivity index is 2.78. The Labute approximate surface area is 125 Å². The lowest BCUT2D eigenvalue weighted by molar-refractivity contribution is -0.139. The molecule has 1 aromatic carbocycles. The molecule has 0 spiro atoms. The largest absolute Gasteiger partial charge is 0.497 e. The molecule has 1 aromatic rings. The fourth-order valence-electron chi connectivity index (χ4n) is 1.48. The first kappa shape index (κ1) is 16.3. The number of hydrogen-bond acceptors (Lipinski definition) is 5. The van der Waals surface area contributed by atoms with Crippen LogP contribution in [0.4, 0.5) is 0 Å².